The molecule has 0 saturated heterocycles. The lowest BCUT2D eigenvalue weighted by molar-refractivity contribution is 0.0653. The highest BCUT2D eigenvalue weighted by molar-refractivity contribution is 9.10. The van der Waals surface area contributed by atoms with Crippen LogP contribution in [-0.2, 0) is 13.0 Å². The number of carbonyl (C=O) groups excluding carboxylic acids is 1. The Balaban J connectivity index is 1.68. The lowest BCUT2D eigenvalue weighted by atomic mass is 10.0. The fourth-order valence-corrected chi connectivity index (χ4v) is 4.10. The largest absolute Gasteiger partial charge is 0.330 e. The van der Waals surface area contributed by atoms with Crippen LogP contribution in [0.3, 0.4) is 0 Å². The summed E-state index contributed by atoms with van der Waals surface area (Å²) in [5.41, 5.74) is 2.37. The number of fused-ring (bicyclic) bond motifs is 2. The van der Waals surface area contributed by atoms with Gasteiger partial charge in [-0.1, -0.05) is 0 Å². The van der Waals surface area contributed by atoms with Crippen LogP contribution >= 0.6 is 27.3 Å². The van der Waals surface area contributed by atoms with Crippen LogP contribution in [0, 0.1) is 0 Å². The molecule has 3 aromatic heterocycles. The van der Waals surface area contributed by atoms with Crippen molar-refractivity contribution < 1.29 is 4.79 Å². The van der Waals surface area contributed by atoms with E-state index < -0.39 is 0 Å². The quantitative estimate of drug-likeness (QED) is 0.655. The molecule has 112 valence electrons. The zero-order valence-electron chi connectivity index (χ0n) is 11.9. The molecule has 1 atom stereocenters. The average Bonchev–Trinajstić information content (AvgIpc) is 3.10. The Morgan fingerprint density at radius 2 is 2.36 bits per heavy atom. The average molecular weight is 377 g/mol. The number of hydrogen-bond acceptors (Lipinski definition) is 4. The van der Waals surface area contributed by atoms with E-state index in [1.54, 1.807) is 34.3 Å². The zero-order valence-corrected chi connectivity index (χ0v) is 14.3. The van der Waals surface area contributed by atoms with Crippen LogP contribution in [0.1, 0.15) is 27.9 Å². The van der Waals surface area contributed by atoms with Crippen molar-refractivity contribution in [2.45, 2.75) is 25.9 Å². The normalized spacial score (nSPS) is 17.7. The van der Waals surface area contributed by atoms with E-state index in [0.717, 1.165) is 10.9 Å². The number of carbonyl (C=O) groups is 1. The maximum Gasteiger partial charge on any atom is 0.275 e. The molecule has 1 amide bonds. The van der Waals surface area contributed by atoms with Crippen molar-refractivity contribution in [3.63, 3.8) is 0 Å². The van der Waals surface area contributed by atoms with Crippen LogP contribution in [0.2, 0.25) is 0 Å². The van der Waals surface area contributed by atoms with Crippen LogP contribution in [0.4, 0.5) is 0 Å². The Morgan fingerprint density at radius 1 is 1.50 bits per heavy atom. The summed E-state index contributed by atoms with van der Waals surface area (Å²) in [5, 5.41) is 6.46. The first-order valence-electron chi connectivity index (χ1n) is 6.99. The Bertz CT molecular complexity index is 871. The SMILES string of the molecule is CC1Cc2sccc2CN1C(=O)c1cc2ncc(Br)cn2n1. The van der Waals surface area contributed by atoms with E-state index in [9.17, 15) is 4.79 Å². The first kappa shape index (κ1) is 13.9. The van der Waals surface area contributed by atoms with Crippen LogP contribution in [0.25, 0.3) is 5.65 Å². The highest BCUT2D eigenvalue weighted by Crippen LogP contribution is 2.28. The standard InChI is InChI=1S/C15H13BrN4OS/c1-9-4-13-10(2-3-22-13)7-19(9)15(21)12-5-14-17-6-11(16)8-20(14)18-12/h2-3,5-6,8-9H,4,7H2,1H3. The topological polar surface area (TPSA) is 50.5 Å². The van der Waals surface area contributed by atoms with Gasteiger partial charge < -0.3 is 4.90 Å². The minimum absolute atomic E-state index is 0.0361. The van der Waals surface area contributed by atoms with E-state index in [0.29, 0.717) is 17.9 Å². The highest BCUT2D eigenvalue weighted by Gasteiger charge is 2.29. The van der Waals surface area contributed by atoms with E-state index in [2.05, 4.69) is 44.4 Å². The second kappa shape index (κ2) is 5.17. The second-order valence-corrected chi connectivity index (χ2v) is 7.38. The molecule has 7 heteroatoms. The van der Waals surface area contributed by atoms with Crippen LogP contribution in [0.15, 0.2) is 34.4 Å². The Hall–Kier alpha value is -1.73. The number of hydrogen-bond donors (Lipinski definition) is 0. The van der Waals surface area contributed by atoms with E-state index >= 15 is 0 Å². The Kier molecular flexibility index (Phi) is 3.27. The smallest absolute Gasteiger partial charge is 0.275 e. The third kappa shape index (κ3) is 2.24. The second-order valence-electron chi connectivity index (χ2n) is 5.46. The predicted molar refractivity (Wildman–Crippen MR) is 88.0 cm³/mol. The van der Waals surface area contributed by atoms with Gasteiger partial charge in [0.15, 0.2) is 11.3 Å². The number of amides is 1. The molecule has 0 spiro atoms. The molecule has 3 aromatic rings. The van der Waals surface area contributed by atoms with Gasteiger partial charge in [-0.25, -0.2) is 9.50 Å². The third-order valence-corrected chi connectivity index (χ3v) is 5.35. The van der Waals surface area contributed by atoms with Gasteiger partial charge in [-0.2, -0.15) is 5.10 Å². The number of aromatic nitrogens is 3. The molecule has 4 heterocycles. The van der Waals surface area contributed by atoms with Crippen molar-refractivity contribution in [2.75, 3.05) is 0 Å². The molecular weight excluding hydrogens is 364 g/mol. The Labute approximate surface area is 139 Å². The molecule has 1 aliphatic heterocycles. The highest BCUT2D eigenvalue weighted by atomic mass is 79.9. The minimum Gasteiger partial charge on any atom is -0.330 e. The molecule has 0 fully saturated rings. The summed E-state index contributed by atoms with van der Waals surface area (Å²) in [6, 6.07) is 4.03. The number of halogens is 1. The predicted octanol–water partition coefficient (Wildman–Crippen LogP) is 3.14. The first-order chi connectivity index (χ1) is 10.6. The molecule has 1 aliphatic rings. The maximum atomic E-state index is 12.8. The Morgan fingerprint density at radius 3 is 3.23 bits per heavy atom. The first-order valence-corrected chi connectivity index (χ1v) is 8.66. The van der Waals surface area contributed by atoms with E-state index in [-0.39, 0.29) is 11.9 Å². The van der Waals surface area contributed by atoms with Crippen molar-refractivity contribution in [2.24, 2.45) is 0 Å². The molecule has 1 unspecified atom stereocenters. The molecule has 5 nitrogen and oxygen atoms in total. The van der Waals surface area contributed by atoms with Gasteiger partial charge >= 0.3 is 0 Å². The third-order valence-electron chi connectivity index (χ3n) is 3.95. The lowest BCUT2D eigenvalue weighted by Gasteiger charge is -2.32. The molecule has 0 bridgehead atoms. The molecule has 0 radical (unpaired) electrons. The monoisotopic (exact) mass is 376 g/mol. The van der Waals surface area contributed by atoms with E-state index in [4.69, 9.17) is 0 Å². The molecule has 4 rings (SSSR count). The van der Waals surface area contributed by atoms with Gasteiger partial charge in [-0.3, -0.25) is 4.79 Å². The minimum atomic E-state index is -0.0361. The molecule has 0 aromatic carbocycles. The summed E-state index contributed by atoms with van der Waals surface area (Å²) in [6.45, 7) is 2.75. The van der Waals surface area contributed by atoms with Crippen LogP contribution in [-0.4, -0.2) is 31.4 Å². The molecule has 0 N–H and O–H groups in total. The fourth-order valence-electron chi connectivity index (χ4n) is 2.78. The van der Waals surface area contributed by atoms with E-state index in [1.165, 1.54) is 10.4 Å². The summed E-state index contributed by atoms with van der Waals surface area (Å²) in [6.07, 6.45) is 4.41. The van der Waals surface area contributed by atoms with Gasteiger partial charge in [-0.05, 0) is 39.9 Å². The van der Waals surface area contributed by atoms with Crippen molar-refractivity contribution >= 4 is 38.8 Å². The van der Waals surface area contributed by atoms with Crippen molar-refractivity contribution in [3.05, 3.63) is 50.5 Å². The number of thiophene rings is 1. The number of nitrogens with zero attached hydrogens (tertiary/aromatic N) is 4. The van der Waals surface area contributed by atoms with Crippen molar-refractivity contribution in [1.29, 1.82) is 0 Å². The maximum absolute atomic E-state index is 12.8. The fraction of sp³-hybridized carbons (Fsp3) is 0.267. The van der Waals surface area contributed by atoms with E-state index in [1.807, 2.05) is 4.90 Å². The van der Waals surface area contributed by atoms with Gasteiger partial charge in [0.1, 0.15) is 0 Å². The van der Waals surface area contributed by atoms with Gasteiger partial charge in [0.05, 0.1) is 4.47 Å². The molecule has 0 aliphatic carbocycles. The molecule has 0 saturated carbocycles. The van der Waals surface area contributed by atoms with Gasteiger partial charge in [-0.15, -0.1) is 11.3 Å². The summed E-state index contributed by atoms with van der Waals surface area (Å²) in [4.78, 5) is 20.4. The molecule has 22 heavy (non-hydrogen) atoms. The van der Waals surface area contributed by atoms with Gasteiger partial charge in [0, 0.05) is 42.3 Å². The van der Waals surface area contributed by atoms with Crippen molar-refractivity contribution in [1.82, 2.24) is 19.5 Å². The van der Waals surface area contributed by atoms with Gasteiger partial charge in [0.2, 0.25) is 0 Å². The van der Waals surface area contributed by atoms with Crippen molar-refractivity contribution in [3.8, 4) is 0 Å². The number of rotatable bonds is 1. The van der Waals surface area contributed by atoms with Crippen LogP contribution in [0.5, 0.6) is 0 Å². The summed E-state index contributed by atoms with van der Waals surface area (Å²) in [5.74, 6) is -0.0361. The summed E-state index contributed by atoms with van der Waals surface area (Å²) >= 11 is 5.13. The van der Waals surface area contributed by atoms with Crippen LogP contribution < -0.4 is 0 Å². The lowest BCUT2D eigenvalue weighted by Crippen LogP contribution is -2.42. The zero-order chi connectivity index (χ0) is 15.3. The molecular formula is C15H13BrN4OS. The van der Waals surface area contributed by atoms with Gasteiger partial charge in [0.25, 0.3) is 5.91 Å². The summed E-state index contributed by atoms with van der Waals surface area (Å²) in [7, 11) is 0. The summed E-state index contributed by atoms with van der Waals surface area (Å²) < 4.78 is 2.46.